The summed E-state index contributed by atoms with van der Waals surface area (Å²) >= 11 is 0. The second-order valence-electron chi connectivity index (χ2n) is 7.41. The molecule has 0 spiro atoms. The van der Waals surface area contributed by atoms with Gasteiger partial charge in [0.05, 0.1) is 24.7 Å². The zero-order chi connectivity index (χ0) is 20.3. The van der Waals surface area contributed by atoms with Crippen molar-refractivity contribution < 1.29 is 13.2 Å². The minimum atomic E-state index is -3.22. The van der Waals surface area contributed by atoms with E-state index in [1.807, 2.05) is 18.3 Å². The molecule has 2 saturated heterocycles. The van der Waals surface area contributed by atoms with Gasteiger partial charge < -0.3 is 9.64 Å². The summed E-state index contributed by atoms with van der Waals surface area (Å²) in [5.41, 5.74) is 2.79. The van der Waals surface area contributed by atoms with Gasteiger partial charge >= 0.3 is 0 Å². The van der Waals surface area contributed by atoms with E-state index < -0.39 is 10.0 Å². The number of sulfonamides is 1. The van der Waals surface area contributed by atoms with Gasteiger partial charge in [0.2, 0.25) is 16.0 Å². The van der Waals surface area contributed by atoms with E-state index >= 15 is 0 Å². The van der Waals surface area contributed by atoms with Gasteiger partial charge in [0.15, 0.2) is 0 Å². The number of hydrogen-bond acceptors (Lipinski definition) is 7. The van der Waals surface area contributed by atoms with Crippen LogP contribution in [0.4, 0.5) is 5.95 Å². The molecule has 0 bridgehead atoms. The van der Waals surface area contributed by atoms with E-state index in [4.69, 9.17) is 9.72 Å². The second kappa shape index (κ2) is 8.73. The van der Waals surface area contributed by atoms with Crippen molar-refractivity contribution in [3.05, 3.63) is 36.4 Å². The Morgan fingerprint density at radius 1 is 1.21 bits per heavy atom. The highest BCUT2D eigenvalue weighted by Crippen LogP contribution is 2.34. The molecule has 0 aliphatic carbocycles. The maximum atomic E-state index is 12.5. The maximum absolute atomic E-state index is 12.5. The van der Waals surface area contributed by atoms with Crippen molar-refractivity contribution in [1.29, 1.82) is 0 Å². The standard InChI is InChI=1S/C20H27N5O3S/c1-2-29(26,27)25-8-4-6-17(15-25)19-18(16-5-3-7-21-13-16)14-22-20(23-19)24-9-11-28-12-10-24/h3,5,7,13-14,17H,2,4,6,8-12,15H2,1H3. The number of piperidine rings is 1. The molecule has 4 heterocycles. The first-order chi connectivity index (χ1) is 14.1. The first kappa shape index (κ1) is 20.2. The Balaban J connectivity index is 1.72. The van der Waals surface area contributed by atoms with Crippen molar-refractivity contribution in [2.45, 2.75) is 25.7 Å². The van der Waals surface area contributed by atoms with Gasteiger partial charge in [0, 0.05) is 61.8 Å². The van der Waals surface area contributed by atoms with Gasteiger partial charge in [-0.25, -0.2) is 22.7 Å². The van der Waals surface area contributed by atoms with E-state index in [0.29, 0.717) is 32.3 Å². The number of morpholine rings is 1. The van der Waals surface area contributed by atoms with Crippen molar-refractivity contribution in [2.24, 2.45) is 0 Å². The third kappa shape index (κ3) is 4.41. The predicted molar refractivity (Wildman–Crippen MR) is 111 cm³/mol. The monoisotopic (exact) mass is 417 g/mol. The van der Waals surface area contributed by atoms with Crippen LogP contribution in [-0.2, 0) is 14.8 Å². The number of anilines is 1. The topological polar surface area (TPSA) is 88.5 Å². The molecule has 2 aromatic rings. The highest BCUT2D eigenvalue weighted by molar-refractivity contribution is 7.89. The SMILES string of the molecule is CCS(=O)(=O)N1CCCC(c2nc(N3CCOCC3)ncc2-c2cccnc2)C1. The smallest absolute Gasteiger partial charge is 0.225 e. The largest absolute Gasteiger partial charge is 0.378 e. The molecule has 2 aliphatic heterocycles. The summed E-state index contributed by atoms with van der Waals surface area (Å²) in [4.78, 5) is 15.9. The van der Waals surface area contributed by atoms with Crippen LogP contribution in [0.15, 0.2) is 30.7 Å². The van der Waals surface area contributed by atoms with Crippen molar-refractivity contribution in [2.75, 3.05) is 50.0 Å². The number of nitrogens with zero attached hydrogens (tertiary/aromatic N) is 5. The number of pyridine rings is 1. The number of ether oxygens (including phenoxy) is 1. The molecule has 8 nitrogen and oxygen atoms in total. The summed E-state index contributed by atoms with van der Waals surface area (Å²) in [7, 11) is -3.22. The Bertz CT molecular complexity index is 932. The van der Waals surface area contributed by atoms with Gasteiger partial charge in [-0.2, -0.15) is 0 Å². The van der Waals surface area contributed by atoms with Crippen molar-refractivity contribution >= 4 is 16.0 Å². The molecular weight excluding hydrogens is 390 g/mol. The molecule has 0 saturated carbocycles. The zero-order valence-electron chi connectivity index (χ0n) is 16.7. The van der Waals surface area contributed by atoms with Crippen LogP contribution < -0.4 is 4.90 Å². The number of rotatable bonds is 5. The summed E-state index contributed by atoms with van der Waals surface area (Å²) in [6.07, 6.45) is 7.13. The Hall–Kier alpha value is -2.10. The first-order valence-electron chi connectivity index (χ1n) is 10.2. The molecule has 29 heavy (non-hydrogen) atoms. The summed E-state index contributed by atoms with van der Waals surface area (Å²) in [6.45, 7) is 5.57. The van der Waals surface area contributed by atoms with Crippen LogP contribution in [0.3, 0.4) is 0 Å². The maximum Gasteiger partial charge on any atom is 0.225 e. The highest BCUT2D eigenvalue weighted by atomic mass is 32.2. The van der Waals surface area contributed by atoms with Gasteiger partial charge in [-0.15, -0.1) is 0 Å². The fourth-order valence-corrected chi connectivity index (χ4v) is 5.14. The second-order valence-corrected chi connectivity index (χ2v) is 9.67. The van der Waals surface area contributed by atoms with Gasteiger partial charge in [-0.3, -0.25) is 4.98 Å². The molecular formula is C20H27N5O3S. The van der Waals surface area contributed by atoms with Crippen molar-refractivity contribution in [3.8, 4) is 11.1 Å². The third-order valence-corrected chi connectivity index (χ3v) is 7.45. The van der Waals surface area contributed by atoms with Gasteiger partial charge in [-0.05, 0) is 25.8 Å². The highest BCUT2D eigenvalue weighted by Gasteiger charge is 2.31. The fraction of sp³-hybridized carbons (Fsp3) is 0.550. The third-order valence-electron chi connectivity index (χ3n) is 5.60. The van der Waals surface area contributed by atoms with Crippen LogP contribution in [0.2, 0.25) is 0 Å². The van der Waals surface area contributed by atoms with Gasteiger partial charge in [0.25, 0.3) is 0 Å². The van der Waals surface area contributed by atoms with Crippen LogP contribution in [-0.4, -0.2) is 72.8 Å². The van der Waals surface area contributed by atoms with Crippen molar-refractivity contribution in [1.82, 2.24) is 19.3 Å². The summed E-state index contributed by atoms with van der Waals surface area (Å²) in [6, 6.07) is 3.89. The fourth-order valence-electron chi connectivity index (χ4n) is 3.96. The van der Waals surface area contributed by atoms with Crippen LogP contribution in [0.25, 0.3) is 11.1 Å². The minimum absolute atomic E-state index is 0.0306. The Kier molecular flexibility index (Phi) is 6.07. The van der Waals surface area contributed by atoms with Crippen LogP contribution in [0, 0.1) is 0 Å². The normalized spacial score (nSPS) is 21.3. The molecule has 0 radical (unpaired) electrons. The Morgan fingerprint density at radius 2 is 2.03 bits per heavy atom. The molecule has 2 fully saturated rings. The molecule has 156 valence electrons. The Labute approximate surface area is 172 Å². The van der Waals surface area contributed by atoms with E-state index in [2.05, 4.69) is 14.9 Å². The van der Waals surface area contributed by atoms with E-state index in [1.165, 1.54) is 0 Å². The molecule has 2 aliphatic rings. The van der Waals surface area contributed by atoms with Gasteiger partial charge in [0.1, 0.15) is 0 Å². The van der Waals surface area contributed by atoms with Gasteiger partial charge in [-0.1, -0.05) is 6.07 Å². The quantitative estimate of drug-likeness (QED) is 0.734. The lowest BCUT2D eigenvalue weighted by atomic mass is 9.91. The average Bonchev–Trinajstić information content (AvgIpc) is 2.80. The average molecular weight is 418 g/mol. The summed E-state index contributed by atoms with van der Waals surface area (Å²) in [5, 5.41) is 0. The molecule has 1 atom stereocenters. The van der Waals surface area contributed by atoms with Crippen LogP contribution in [0.5, 0.6) is 0 Å². The molecule has 2 aromatic heterocycles. The van der Waals surface area contributed by atoms with Crippen molar-refractivity contribution in [3.63, 3.8) is 0 Å². The molecule has 0 amide bonds. The number of hydrogen-bond donors (Lipinski definition) is 0. The molecule has 1 unspecified atom stereocenters. The first-order valence-corrected chi connectivity index (χ1v) is 11.8. The van der Waals surface area contributed by atoms with Crippen LogP contribution in [0.1, 0.15) is 31.4 Å². The zero-order valence-corrected chi connectivity index (χ0v) is 17.5. The lowest BCUT2D eigenvalue weighted by molar-refractivity contribution is 0.122. The number of aromatic nitrogens is 3. The summed E-state index contributed by atoms with van der Waals surface area (Å²) in [5.74, 6) is 0.840. The molecule has 0 aromatic carbocycles. The van der Waals surface area contributed by atoms with E-state index in [9.17, 15) is 8.42 Å². The van der Waals surface area contributed by atoms with E-state index in [-0.39, 0.29) is 11.7 Å². The van der Waals surface area contributed by atoms with E-state index in [0.717, 1.165) is 42.8 Å². The Morgan fingerprint density at radius 3 is 2.76 bits per heavy atom. The molecule has 0 N–H and O–H groups in total. The minimum Gasteiger partial charge on any atom is -0.378 e. The van der Waals surface area contributed by atoms with E-state index in [1.54, 1.807) is 23.6 Å². The molecule has 9 heteroatoms. The lowest BCUT2D eigenvalue weighted by Gasteiger charge is -2.33. The lowest BCUT2D eigenvalue weighted by Crippen LogP contribution is -2.40. The predicted octanol–water partition coefficient (Wildman–Crippen LogP) is 1.90. The van der Waals surface area contributed by atoms with Crippen LogP contribution >= 0.6 is 0 Å². The summed E-state index contributed by atoms with van der Waals surface area (Å²) < 4.78 is 32.0. The molecule has 4 rings (SSSR count).